The van der Waals surface area contributed by atoms with Crippen LogP contribution >= 0.6 is 0 Å². The minimum Gasteiger partial charge on any atom is -0.397 e. The maximum atomic E-state index is 10.4. The second kappa shape index (κ2) is 5.98. The normalized spacial score (nSPS) is 10.0. The molecule has 2 aromatic carbocycles. The molecule has 20 heavy (non-hydrogen) atoms. The van der Waals surface area contributed by atoms with E-state index in [1.807, 2.05) is 12.1 Å². The third kappa shape index (κ3) is 2.67. The first-order valence-electron chi connectivity index (χ1n) is 6.46. The zero-order valence-corrected chi connectivity index (χ0v) is 11.3. The maximum absolute atomic E-state index is 10.4. The molecule has 0 unspecified atom stereocenters. The topological polar surface area (TPSA) is 79.2 Å². The van der Waals surface area contributed by atoms with Gasteiger partial charge in [-0.25, -0.2) is 0 Å². The standard InChI is InChI=1S/C16H15N3O/c1-2-3-11-8-13(10-17)16(18)15(9-11)12-4-6-14(19-20)7-5-12/h4-9H,2-3,18H2,1H3. The van der Waals surface area contributed by atoms with Crippen molar-refractivity contribution in [3.8, 4) is 17.2 Å². The van der Waals surface area contributed by atoms with Crippen LogP contribution in [-0.2, 0) is 6.42 Å². The molecular weight excluding hydrogens is 250 g/mol. The van der Waals surface area contributed by atoms with E-state index in [0.29, 0.717) is 16.9 Å². The molecule has 4 nitrogen and oxygen atoms in total. The number of nitriles is 1. The maximum Gasteiger partial charge on any atom is 0.108 e. The van der Waals surface area contributed by atoms with E-state index in [-0.39, 0.29) is 0 Å². The van der Waals surface area contributed by atoms with Gasteiger partial charge in [-0.15, -0.1) is 4.91 Å². The summed E-state index contributed by atoms with van der Waals surface area (Å²) < 4.78 is 0. The van der Waals surface area contributed by atoms with E-state index in [2.05, 4.69) is 18.2 Å². The lowest BCUT2D eigenvalue weighted by Crippen LogP contribution is -1.97. The van der Waals surface area contributed by atoms with Gasteiger partial charge >= 0.3 is 0 Å². The molecule has 0 spiro atoms. The monoisotopic (exact) mass is 265 g/mol. The Bertz CT molecular complexity index is 669. The number of aryl methyl sites for hydroxylation is 1. The molecule has 0 fully saturated rings. The molecule has 2 rings (SSSR count). The smallest absolute Gasteiger partial charge is 0.108 e. The second-order valence-corrected chi connectivity index (χ2v) is 4.60. The molecule has 0 atom stereocenters. The van der Waals surface area contributed by atoms with Crippen LogP contribution in [0.2, 0.25) is 0 Å². The summed E-state index contributed by atoms with van der Waals surface area (Å²) in [6.07, 6.45) is 1.90. The number of nitroso groups, excluding NO2 is 1. The van der Waals surface area contributed by atoms with Gasteiger partial charge in [-0.2, -0.15) is 5.26 Å². The van der Waals surface area contributed by atoms with Crippen LogP contribution in [0.1, 0.15) is 24.5 Å². The molecule has 4 heteroatoms. The number of benzene rings is 2. The number of nitrogens with zero attached hydrogens (tertiary/aromatic N) is 2. The van der Waals surface area contributed by atoms with Crippen molar-refractivity contribution in [1.82, 2.24) is 0 Å². The molecule has 0 aliphatic heterocycles. The Morgan fingerprint density at radius 2 is 1.95 bits per heavy atom. The zero-order valence-electron chi connectivity index (χ0n) is 11.3. The quantitative estimate of drug-likeness (QED) is 0.665. The fourth-order valence-electron chi connectivity index (χ4n) is 2.18. The van der Waals surface area contributed by atoms with E-state index in [9.17, 15) is 10.2 Å². The molecule has 0 radical (unpaired) electrons. The van der Waals surface area contributed by atoms with Crippen LogP contribution in [-0.4, -0.2) is 0 Å². The largest absolute Gasteiger partial charge is 0.397 e. The number of rotatable bonds is 4. The minimum atomic E-state index is 0.373. The fourth-order valence-corrected chi connectivity index (χ4v) is 2.18. The van der Waals surface area contributed by atoms with Gasteiger partial charge in [0.15, 0.2) is 0 Å². The van der Waals surface area contributed by atoms with Gasteiger partial charge in [0.2, 0.25) is 0 Å². The van der Waals surface area contributed by atoms with E-state index < -0.39 is 0 Å². The summed E-state index contributed by atoms with van der Waals surface area (Å²) in [5, 5.41) is 12.1. The number of hydrogen-bond acceptors (Lipinski definition) is 4. The van der Waals surface area contributed by atoms with Gasteiger partial charge < -0.3 is 5.73 Å². The molecule has 2 aromatic rings. The molecule has 0 aliphatic carbocycles. The Labute approximate surface area is 117 Å². The van der Waals surface area contributed by atoms with E-state index in [0.717, 1.165) is 29.5 Å². The molecular formula is C16H15N3O. The van der Waals surface area contributed by atoms with Crippen molar-refractivity contribution in [2.24, 2.45) is 5.18 Å². The predicted molar refractivity (Wildman–Crippen MR) is 80.5 cm³/mol. The average molecular weight is 265 g/mol. The molecule has 0 saturated heterocycles. The highest BCUT2D eigenvalue weighted by atomic mass is 16.3. The van der Waals surface area contributed by atoms with Gasteiger partial charge in [0.1, 0.15) is 11.8 Å². The lowest BCUT2D eigenvalue weighted by Gasteiger charge is -2.11. The second-order valence-electron chi connectivity index (χ2n) is 4.60. The summed E-state index contributed by atoms with van der Waals surface area (Å²) >= 11 is 0. The van der Waals surface area contributed by atoms with Gasteiger partial charge in [0.05, 0.1) is 11.3 Å². The highest BCUT2D eigenvalue weighted by Crippen LogP contribution is 2.31. The van der Waals surface area contributed by atoms with Crippen molar-refractivity contribution in [2.45, 2.75) is 19.8 Å². The molecule has 0 saturated carbocycles. The highest BCUT2D eigenvalue weighted by molar-refractivity contribution is 5.81. The predicted octanol–water partition coefficient (Wildman–Crippen LogP) is 4.16. The van der Waals surface area contributed by atoms with E-state index in [1.165, 1.54) is 0 Å². The van der Waals surface area contributed by atoms with Crippen LogP contribution in [0.4, 0.5) is 11.4 Å². The Balaban J connectivity index is 2.56. The SMILES string of the molecule is CCCc1cc(C#N)c(N)c(-c2ccc(N=O)cc2)c1. The summed E-state index contributed by atoms with van der Waals surface area (Å²) in [7, 11) is 0. The van der Waals surface area contributed by atoms with E-state index in [1.54, 1.807) is 24.3 Å². The van der Waals surface area contributed by atoms with Gasteiger partial charge in [-0.3, -0.25) is 0 Å². The minimum absolute atomic E-state index is 0.373. The van der Waals surface area contributed by atoms with Crippen LogP contribution in [0.5, 0.6) is 0 Å². The van der Waals surface area contributed by atoms with Crippen molar-refractivity contribution >= 4 is 11.4 Å². The third-order valence-corrected chi connectivity index (χ3v) is 3.18. The lowest BCUT2D eigenvalue weighted by molar-refractivity contribution is 0.922. The summed E-state index contributed by atoms with van der Waals surface area (Å²) in [5.74, 6) is 0. The third-order valence-electron chi connectivity index (χ3n) is 3.18. The molecule has 2 N–H and O–H groups in total. The van der Waals surface area contributed by atoms with Crippen LogP contribution in [0.25, 0.3) is 11.1 Å². The van der Waals surface area contributed by atoms with Gasteiger partial charge in [-0.1, -0.05) is 25.5 Å². The van der Waals surface area contributed by atoms with Crippen molar-refractivity contribution in [3.63, 3.8) is 0 Å². The summed E-state index contributed by atoms with van der Waals surface area (Å²) in [5.41, 5.74) is 10.2. The molecule has 0 aromatic heterocycles. The molecule has 0 amide bonds. The molecule has 0 heterocycles. The first-order valence-corrected chi connectivity index (χ1v) is 6.46. The van der Waals surface area contributed by atoms with Crippen LogP contribution in [0.15, 0.2) is 41.6 Å². The zero-order chi connectivity index (χ0) is 14.5. The molecule has 0 aliphatic rings. The van der Waals surface area contributed by atoms with Crippen molar-refractivity contribution in [1.29, 1.82) is 5.26 Å². The Hall–Kier alpha value is -2.67. The van der Waals surface area contributed by atoms with Gasteiger partial charge in [0, 0.05) is 5.56 Å². The first-order chi connectivity index (χ1) is 9.69. The van der Waals surface area contributed by atoms with Crippen LogP contribution < -0.4 is 5.73 Å². The lowest BCUT2D eigenvalue weighted by atomic mass is 9.96. The van der Waals surface area contributed by atoms with Crippen LogP contribution in [0, 0.1) is 16.2 Å². The summed E-state index contributed by atoms with van der Waals surface area (Å²) in [6, 6.07) is 12.8. The van der Waals surface area contributed by atoms with E-state index >= 15 is 0 Å². The number of nitrogens with two attached hydrogens (primary N) is 1. The van der Waals surface area contributed by atoms with Gasteiger partial charge in [-0.05, 0) is 47.0 Å². The molecule has 100 valence electrons. The first kappa shape index (κ1) is 13.8. The van der Waals surface area contributed by atoms with Crippen molar-refractivity contribution in [3.05, 3.63) is 52.4 Å². The summed E-state index contributed by atoms with van der Waals surface area (Å²) in [6.45, 7) is 2.09. The summed E-state index contributed by atoms with van der Waals surface area (Å²) in [4.78, 5) is 10.4. The van der Waals surface area contributed by atoms with Crippen molar-refractivity contribution < 1.29 is 0 Å². The number of nitrogen functional groups attached to an aromatic ring is 1. The Kier molecular flexibility index (Phi) is 4.11. The van der Waals surface area contributed by atoms with Crippen molar-refractivity contribution in [2.75, 3.05) is 5.73 Å². The highest BCUT2D eigenvalue weighted by Gasteiger charge is 2.10. The average Bonchev–Trinajstić information content (AvgIpc) is 2.49. The van der Waals surface area contributed by atoms with E-state index in [4.69, 9.17) is 5.73 Å². The Morgan fingerprint density at radius 1 is 1.25 bits per heavy atom. The number of hydrogen-bond donors (Lipinski definition) is 1. The number of anilines is 1. The Morgan fingerprint density at radius 3 is 2.50 bits per heavy atom. The molecule has 0 bridgehead atoms. The van der Waals surface area contributed by atoms with Gasteiger partial charge in [0.25, 0.3) is 0 Å². The fraction of sp³-hybridized carbons (Fsp3) is 0.188. The van der Waals surface area contributed by atoms with Crippen LogP contribution in [0.3, 0.4) is 0 Å².